The maximum atomic E-state index is 13.6. The van der Waals surface area contributed by atoms with Crippen molar-refractivity contribution in [3.05, 3.63) is 35.6 Å². The minimum Gasteiger partial charge on any atom is -0.308 e. The minimum absolute atomic E-state index is 0.0758. The largest absolute Gasteiger partial charge is 0.308 e. The number of hydrogen-bond donors (Lipinski definition) is 1. The van der Waals surface area contributed by atoms with Crippen molar-refractivity contribution in [1.82, 2.24) is 5.32 Å². The fourth-order valence-electron chi connectivity index (χ4n) is 2.48. The van der Waals surface area contributed by atoms with Crippen LogP contribution in [-0.2, 0) is 0 Å². The van der Waals surface area contributed by atoms with Crippen LogP contribution in [0.1, 0.15) is 70.9 Å². The van der Waals surface area contributed by atoms with E-state index in [1.165, 1.54) is 44.6 Å². The maximum absolute atomic E-state index is 13.6. The van der Waals surface area contributed by atoms with Crippen LogP contribution in [0.3, 0.4) is 0 Å². The summed E-state index contributed by atoms with van der Waals surface area (Å²) in [6.45, 7) is 6.46. The Kier molecular flexibility index (Phi) is 7.73. The van der Waals surface area contributed by atoms with E-state index in [9.17, 15) is 4.39 Å². The summed E-state index contributed by atoms with van der Waals surface area (Å²) in [7, 11) is 0. The van der Waals surface area contributed by atoms with E-state index in [0.717, 1.165) is 5.56 Å². The highest BCUT2D eigenvalue weighted by molar-refractivity contribution is 5.20. The molecule has 0 heterocycles. The Morgan fingerprint density at radius 1 is 1.05 bits per heavy atom. The molecule has 1 nitrogen and oxygen atoms in total. The molecule has 0 aromatic heterocycles. The summed E-state index contributed by atoms with van der Waals surface area (Å²) in [6.07, 6.45) is 7.71. The summed E-state index contributed by atoms with van der Waals surface area (Å²) in [5.41, 5.74) is 0.764. The summed E-state index contributed by atoms with van der Waals surface area (Å²) in [5, 5.41) is 3.49. The fraction of sp³-hybridized carbons (Fsp3) is 0.647. The van der Waals surface area contributed by atoms with Crippen LogP contribution in [0.15, 0.2) is 24.3 Å². The smallest absolute Gasteiger partial charge is 0.127 e. The van der Waals surface area contributed by atoms with Crippen LogP contribution in [0.4, 0.5) is 4.39 Å². The summed E-state index contributed by atoms with van der Waals surface area (Å²) in [6, 6.07) is 7.54. The Bertz CT molecular complexity index is 351. The van der Waals surface area contributed by atoms with Crippen LogP contribution in [-0.4, -0.2) is 6.04 Å². The third-order valence-corrected chi connectivity index (χ3v) is 3.65. The molecule has 1 aromatic carbocycles. The van der Waals surface area contributed by atoms with E-state index in [-0.39, 0.29) is 11.9 Å². The number of nitrogens with one attached hydrogen (secondary N) is 1. The standard InChI is InChI=1S/C17H28FN/c1-4-5-6-7-8-11-14(2)19-15(3)16-12-9-10-13-17(16)18/h9-10,12-15,19H,4-8,11H2,1-3H3. The topological polar surface area (TPSA) is 12.0 Å². The van der Waals surface area contributed by atoms with Gasteiger partial charge in [0.2, 0.25) is 0 Å². The zero-order chi connectivity index (χ0) is 14.1. The van der Waals surface area contributed by atoms with Gasteiger partial charge in [0.25, 0.3) is 0 Å². The number of unbranched alkanes of at least 4 members (excludes halogenated alkanes) is 4. The molecule has 2 heteroatoms. The van der Waals surface area contributed by atoms with Crippen LogP contribution in [0.2, 0.25) is 0 Å². The highest BCUT2D eigenvalue weighted by Crippen LogP contribution is 2.17. The molecule has 0 saturated carbocycles. The van der Waals surface area contributed by atoms with Gasteiger partial charge in [-0.3, -0.25) is 0 Å². The van der Waals surface area contributed by atoms with Crippen molar-refractivity contribution >= 4 is 0 Å². The quantitative estimate of drug-likeness (QED) is 0.603. The second kappa shape index (κ2) is 9.08. The zero-order valence-electron chi connectivity index (χ0n) is 12.6. The monoisotopic (exact) mass is 265 g/mol. The number of rotatable bonds is 9. The summed E-state index contributed by atoms with van der Waals surface area (Å²) in [5.74, 6) is -0.113. The summed E-state index contributed by atoms with van der Waals surface area (Å²) < 4.78 is 13.6. The van der Waals surface area contributed by atoms with Gasteiger partial charge in [-0.1, -0.05) is 57.2 Å². The van der Waals surface area contributed by atoms with Crippen LogP contribution < -0.4 is 5.32 Å². The van der Waals surface area contributed by atoms with Crippen molar-refractivity contribution in [1.29, 1.82) is 0 Å². The number of benzene rings is 1. The van der Waals surface area contributed by atoms with Crippen molar-refractivity contribution in [2.75, 3.05) is 0 Å². The highest BCUT2D eigenvalue weighted by atomic mass is 19.1. The molecule has 0 aliphatic heterocycles. The molecule has 19 heavy (non-hydrogen) atoms. The Balaban J connectivity index is 2.28. The first-order valence-corrected chi connectivity index (χ1v) is 7.65. The number of hydrogen-bond acceptors (Lipinski definition) is 1. The Morgan fingerprint density at radius 3 is 2.42 bits per heavy atom. The van der Waals surface area contributed by atoms with Gasteiger partial charge in [-0.05, 0) is 26.3 Å². The van der Waals surface area contributed by atoms with Gasteiger partial charge >= 0.3 is 0 Å². The molecular formula is C17H28FN. The van der Waals surface area contributed by atoms with Crippen LogP contribution in [0.5, 0.6) is 0 Å². The van der Waals surface area contributed by atoms with Gasteiger partial charge in [0.15, 0.2) is 0 Å². The van der Waals surface area contributed by atoms with E-state index in [1.807, 2.05) is 19.1 Å². The molecule has 0 aliphatic rings. The van der Waals surface area contributed by atoms with Gasteiger partial charge in [0.1, 0.15) is 5.82 Å². The Labute approximate surface area is 117 Å². The second-order valence-electron chi connectivity index (χ2n) is 5.51. The van der Waals surface area contributed by atoms with Crippen molar-refractivity contribution < 1.29 is 4.39 Å². The van der Waals surface area contributed by atoms with E-state index in [4.69, 9.17) is 0 Å². The molecule has 0 amide bonds. The molecule has 0 saturated heterocycles. The molecule has 108 valence electrons. The first-order chi connectivity index (χ1) is 9.15. The number of halogens is 1. The molecule has 0 aliphatic carbocycles. The lowest BCUT2D eigenvalue weighted by atomic mass is 10.0. The lowest BCUT2D eigenvalue weighted by Crippen LogP contribution is -2.29. The lowest BCUT2D eigenvalue weighted by Gasteiger charge is -2.20. The van der Waals surface area contributed by atoms with Gasteiger partial charge in [-0.15, -0.1) is 0 Å². The van der Waals surface area contributed by atoms with Gasteiger partial charge in [0, 0.05) is 17.6 Å². The van der Waals surface area contributed by atoms with E-state index in [1.54, 1.807) is 6.07 Å². The third kappa shape index (κ3) is 6.20. The fourth-order valence-corrected chi connectivity index (χ4v) is 2.48. The normalized spacial score (nSPS) is 14.3. The highest BCUT2D eigenvalue weighted by Gasteiger charge is 2.12. The van der Waals surface area contributed by atoms with Crippen LogP contribution in [0.25, 0.3) is 0 Å². The predicted octanol–water partition coefficient (Wildman–Crippen LogP) is 5.23. The van der Waals surface area contributed by atoms with Gasteiger partial charge in [-0.2, -0.15) is 0 Å². The summed E-state index contributed by atoms with van der Waals surface area (Å²) in [4.78, 5) is 0. The van der Waals surface area contributed by atoms with Crippen molar-refractivity contribution in [2.24, 2.45) is 0 Å². The second-order valence-corrected chi connectivity index (χ2v) is 5.51. The zero-order valence-corrected chi connectivity index (χ0v) is 12.6. The van der Waals surface area contributed by atoms with E-state index in [2.05, 4.69) is 19.2 Å². The molecule has 1 rings (SSSR count). The maximum Gasteiger partial charge on any atom is 0.127 e. The first kappa shape index (κ1) is 16.2. The molecule has 0 radical (unpaired) electrons. The molecule has 2 atom stereocenters. The predicted molar refractivity (Wildman–Crippen MR) is 80.8 cm³/mol. The van der Waals surface area contributed by atoms with E-state index < -0.39 is 0 Å². The molecule has 1 aromatic rings. The van der Waals surface area contributed by atoms with Crippen LogP contribution in [0, 0.1) is 5.82 Å². The first-order valence-electron chi connectivity index (χ1n) is 7.65. The third-order valence-electron chi connectivity index (χ3n) is 3.65. The molecule has 2 unspecified atom stereocenters. The van der Waals surface area contributed by atoms with Gasteiger partial charge < -0.3 is 5.32 Å². The lowest BCUT2D eigenvalue weighted by molar-refractivity contribution is 0.427. The van der Waals surface area contributed by atoms with Crippen molar-refractivity contribution in [3.8, 4) is 0 Å². The average molecular weight is 265 g/mol. The molecule has 1 N–H and O–H groups in total. The van der Waals surface area contributed by atoms with Gasteiger partial charge in [-0.25, -0.2) is 4.39 Å². The Morgan fingerprint density at radius 2 is 1.74 bits per heavy atom. The van der Waals surface area contributed by atoms with Crippen LogP contribution >= 0.6 is 0 Å². The molecular weight excluding hydrogens is 237 g/mol. The molecule has 0 spiro atoms. The minimum atomic E-state index is -0.113. The van der Waals surface area contributed by atoms with Crippen molar-refractivity contribution in [2.45, 2.75) is 71.4 Å². The molecule has 0 bridgehead atoms. The SMILES string of the molecule is CCCCCCCC(C)NC(C)c1ccccc1F. The van der Waals surface area contributed by atoms with E-state index >= 15 is 0 Å². The van der Waals surface area contributed by atoms with Gasteiger partial charge in [0.05, 0.1) is 0 Å². The summed E-state index contributed by atoms with van der Waals surface area (Å²) >= 11 is 0. The molecule has 0 fully saturated rings. The Hall–Kier alpha value is -0.890. The average Bonchev–Trinajstić information content (AvgIpc) is 2.39. The van der Waals surface area contributed by atoms with Crippen molar-refractivity contribution in [3.63, 3.8) is 0 Å². The van der Waals surface area contributed by atoms with E-state index in [0.29, 0.717) is 6.04 Å².